The molecule has 0 atom stereocenters. The molecule has 0 aliphatic heterocycles. The Hall–Kier alpha value is -2.63. The van der Waals surface area contributed by atoms with E-state index in [1.54, 1.807) is 31.2 Å². The molecule has 0 saturated heterocycles. The van der Waals surface area contributed by atoms with Crippen LogP contribution in [0.2, 0.25) is 0 Å². The second-order valence-corrected chi connectivity index (χ2v) is 4.51. The Morgan fingerprint density at radius 1 is 1.29 bits per heavy atom. The first kappa shape index (κ1) is 14.8. The minimum Gasteiger partial charge on any atom is -0.481 e. The van der Waals surface area contributed by atoms with Crippen molar-refractivity contribution < 1.29 is 19.1 Å². The number of hydrogen-bond donors (Lipinski definition) is 1. The maximum absolute atomic E-state index is 12.3. The third kappa shape index (κ3) is 3.28. The third-order valence-electron chi connectivity index (χ3n) is 3.14. The third-order valence-corrected chi connectivity index (χ3v) is 3.14. The van der Waals surface area contributed by atoms with Gasteiger partial charge in [0, 0.05) is 18.5 Å². The summed E-state index contributed by atoms with van der Waals surface area (Å²) in [5, 5.41) is 9.34. The van der Waals surface area contributed by atoms with E-state index in [1.165, 1.54) is 11.0 Å². The number of aliphatic carboxylic acids is 1. The summed E-state index contributed by atoms with van der Waals surface area (Å²) in [6.07, 6.45) is -0.168. The van der Waals surface area contributed by atoms with Gasteiger partial charge in [-0.05, 0) is 19.1 Å². The lowest BCUT2D eigenvalue weighted by molar-refractivity contribution is -0.137. The molecule has 2 aromatic rings. The molecule has 110 valence electrons. The number of amides is 1. The second kappa shape index (κ2) is 6.21. The van der Waals surface area contributed by atoms with Gasteiger partial charge in [-0.1, -0.05) is 18.2 Å². The molecular weight excluding hydrogens is 274 g/mol. The van der Waals surface area contributed by atoms with Gasteiger partial charge in [-0.3, -0.25) is 9.59 Å². The molecule has 2 rings (SSSR count). The number of carbonyl (C=O) groups is 2. The number of nitrogens with zero attached hydrogens (tertiary/aromatic N) is 1. The molecule has 0 radical (unpaired) electrons. The van der Waals surface area contributed by atoms with Crippen LogP contribution in [-0.4, -0.2) is 35.0 Å². The minimum absolute atomic E-state index is 0.0525. The summed E-state index contributed by atoms with van der Waals surface area (Å²) >= 11 is 0. The van der Waals surface area contributed by atoms with Crippen LogP contribution in [-0.2, 0) is 4.79 Å². The highest BCUT2D eigenvalue weighted by molar-refractivity contribution is 5.96. The van der Waals surface area contributed by atoms with Crippen LogP contribution in [0.3, 0.4) is 0 Å². The van der Waals surface area contributed by atoms with E-state index in [0.29, 0.717) is 17.5 Å². The van der Waals surface area contributed by atoms with Crippen LogP contribution in [0.15, 0.2) is 39.5 Å². The second-order valence-electron chi connectivity index (χ2n) is 4.51. The Kier molecular flexibility index (Phi) is 4.37. The van der Waals surface area contributed by atoms with Gasteiger partial charge in [-0.25, -0.2) is 4.79 Å². The minimum atomic E-state index is -0.994. The predicted molar refractivity (Wildman–Crippen MR) is 76.3 cm³/mol. The number of benzene rings is 1. The summed E-state index contributed by atoms with van der Waals surface area (Å²) in [5.41, 5.74) is -0.388. The molecule has 0 fully saturated rings. The lowest BCUT2D eigenvalue weighted by Crippen LogP contribution is -2.35. The van der Waals surface area contributed by atoms with Gasteiger partial charge < -0.3 is 14.4 Å². The molecule has 1 N–H and O–H groups in total. The van der Waals surface area contributed by atoms with Crippen molar-refractivity contribution in [3.63, 3.8) is 0 Å². The van der Waals surface area contributed by atoms with Crippen molar-refractivity contribution in [3.8, 4) is 0 Å². The first-order valence-electron chi connectivity index (χ1n) is 6.57. The number of rotatable bonds is 5. The molecule has 0 spiro atoms. The van der Waals surface area contributed by atoms with E-state index in [1.807, 2.05) is 0 Å². The lowest BCUT2D eigenvalue weighted by Gasteiger charge is -2.19. The summed E-state index contributed by atoms with van der Waals surface area (Å²) in [7, 11) is 0. The predicted octanol–water partition coefficient (Wildman–Crippen LogP) is 1.73. The van der Waals surface area contributed by atoms with Gasteiger partial charge in [0.05, 0.1) is 6.42 Å². The van der Waals surface area contributed by atoms with Crippen molar-refractivity contribution in [1.82, 2.24) is 4.90 Å². The van der Waals surface area contributed by atoms with Crippen LogP contribution < -0.4 is 5.63 Å². The van der Waals surface area contributed by atoms with Gasteiger partial charge in [0.1, 0.15) is 11.1 Å². The average Bonchev–Trinajstić information content (AvgIpc) is 2.46. The van der Waals surface area contributed by atoms with E-state index in [4.69, 9.17) is 9.52 Å². The van der Waals surface area contributed by atoms with Crippen molar-refractivity contribution in [2.45, 2.75) is 13.3 Å². The number of para-hydroxylation sites is 1. The first-order chi connectivity index (χ1) is 10.0. The van der Waals surface area contributed by atoms with Crippen molar-refractivity contribution in [3.05, 3.63) is 46.3 Å². The van der Waals surface area contributed by atoms with E-state index in [0.717, 1.165) is 0 Å². The van der Waals surface area contributed by atoms with Gasteiger partial charge in [0.25, 0.3) is 5.91 Å². The van der Waals surface area contributed by atoms with E-state index < -0.39 is 17.5 Å². The van der Waals surface area contributed by atoms with Gasteiger partial charge in [-0.15, -0.1) is 0 Å². The molecule has 6 heteroatoms. The fourth-order valence-electron chi connectivity index (χ4n) is 2.02. The highest BCUT2D eigenvalue weighted by atomic mass is 16.4. The van der Waals surface area contributed by atoms with Crippen LogP contribution in [0.5, 0.6) is 0 Å². The topological polar surface area (TPSA) is 87.8 Å². The Labute approximate surface area is 120 Å². The smallest absolute Gasteiger partial charge is 0.349 e. The fraction of sp³-hybridized carbons (Fsp3) is 0.267. The van der Waals surface area contributed by atoms with Crippen LogP contribution in [0.4, 0.5) is 0 Å². The van der Waals surface area contributed by atoms with Crippen molar-refractivity contribution in [2.75, 3.05) is 13.1 Å². The molecule has 0 bridgehead atoms. The summed E-state index contributed by atoms with van der Waals surface area (Å²) in [4.78, 5) is 36.1. The Bertz CT molecular complexity index is 734. The Morgan fingerprint density at radius 2 is 2.00 bits per heavy atom. The molecule has 1 aromatic carbocycles. The van der Waals surface area contributed by atoms with E-state index in [2.05, 4.69) is 0 Å². The Morgan fingerprint density at radius 3 is 2.67 bits per heavy atom. The van der Waals surface area contributed by atoms with Gasteiger partial charge in [0.15, 0.2) is 0 Å². The average molecular weight is 289 g/mol. The molecule has 0 aliphatic carbocycles. The molecule has 1 aromatic heterocycles. The molecule has 0 aliphatic rings. The highest BCUT2D eigenvalue weighted by Gasteiger charge is 2.20. The molecule has 1 amide bonds. The maximum atomic E-state index is 12.3. The first-order valence-corrected chi connectivity index (χ1v) is 6.57. The van der Waals surface area contributed by atoms with Crippen LogP contribution >= 0.6 is 0 Å². The van der Waals surface area contributed by atoms with Crippen molar-refractivity contribution in [2.24, 2.45) is 0 Å². The maximum Gasteiger partial charge on any atom is 0.349 e. The molecule has 0 saturated carbocycles. The van der Waals surface area contributed by atoms with E-state index in [-0.39, 0.29) is 18.5 Å². The van der Waals surface area contributed by atoms with E-state index in [9.17, 15) is 14.4 Å². The van der Waals surface area contributed by atoms with Gasteiger partial charge >= 0.3 is 11.6 Å². The summed E-state index contributed by atoms with van der Waals surface area (Å²) in [5.74, 6) is -1.51. The lowest BCUT2D eigenvalue weighted by atomic mass is 10.1. The van der Waals surface area contributed by atoms with Gasteiger partial charge in [0.2, 0.25) is 0 Å². The molecule has 1 heterocycles. The standard InChI is InChI=1S/C15H15NO5/c1-2-16(8-7-13(17)18)14(19)11-9-10-5-3-4-6-12(10)21-15(11)20/h3-6,9H,2,7-8H2,1H3,(H,17,18). The van der Waals surface area contributed by atoms with Gasteiger partial charge in [-0.2, -0.15) is 0 Å². The number of carboxylic acid groups (broad SMARTS) is 1. The number of carboxylic acids is 1. The van der Waals surface area contributed by atoms with Crippen molar-refractivity contribution >= 4 is 22.8 Å². The largest absolute Gasteiger partial charge is 0.481 e. The zero-order valence-corrected chi connectivity index (χ0v) is 11.5. The normalized spacial score (nSPS) is 10.5. The van der Waals surface area contributed by atoms with Crippen LogP contribution in [0, 0.1) is 0 Å². The van der Waals surface area contributed by atoms with Crippen LogP contribution in [0.25, 0.3) is 11.0 Å². The monoisotopic (exact) mass is 289 g/mol. The highest BCUT2D eigenvalue weighted by Crippen LogP contribution is 2.13. The Balaban J connectivity index is 2.35. The fourth-order valence-corrected chi connectivity index (χ4v) is 2.02. The molecule has 21 heavy (non-hydrogen) atoms. The van der Waals surface area contributed by atoms with Crippen molar-refractivity contribution in [1.29, 1.82) is 0 Å². The zero-order valence-electron chi connectivity index (χ0n) is 11.5. The molecule has 6 nitrogen and oxygen atoms in total. The SMILES string of the molecule is CCN(CCC(=O)O)C(=O)c1cc2ccccc2oc1=O. The van der Waals surface area contributed by atoms with Crippen LogP contribution in [0.1, 0.15) is 23.7 Å². The number of carbonyl (C=O) groups excluding carboxylic acids is 1. The summed E-state index contributed by atoms with van der Waals surface area (Å²) in [6, 6.07) is 8.37. The summed E-state index contributed by atoms with van der Waals surface area (Å²) in [6.45, 7) is 2.09. The van der Waals surface area contributed by atoms with E-state index >= 15 is 0 Å². The quantitative estimate of drug-likeness (QED) is 0.847. The number of fused-ring (bicyclic) bond motifs is 1. The molecule has 0 unspecified atom stereocenters. The summed E-state index contributed by atoms with van der Waals surface area (Å²) < 4.78 is 5.11. The number of hydrogen-bond acceptors (Lipinski definition) is 4. The molecular formula is C15H15NO5. The zero-order chi connectivity index (χ0) is 15.4.